The normalized spacial score (nSPS) is 17.6. The van der Waals surface area contributed by atoms with Crippen molar-refractivity contribution in [2.45, 2.75) is 57.8 Å². The monoisotopic (exact) mass is 296 g/mol. The van der Waals surface area contributed by atoms with Gasteiger partial charge in [0.15, 0.2) is 0 Å². The highest BCUT2D eigenvalue weighted by molar-refractivity contribution is 9.10. The van der Waals surface area contributed by atoms with Gasteiger partial charge in [-0.15, -0.1) is 0 Å². The van der Waals surface area contributed by atoms with Crippen molar-refractivity contribution in [3.8, 4) is 5.75 Å². The summed E-state index contributed by atoms with van der Waals surface area (Å²) in [7, 11) is 0. The van der Waals surface area contributed by atoms with Crippen LogP contribution in [-0.4, -0.2) is 5.11 Å². The van der Waals surface area contributed by atoms with Crippen molar-refractivity contribution in [1.82, 2.24) is 0 Å². The SMILES string of the molecule is CC(C)c1cc(C2CCCCC2)cc(Br)c1O. The molecule has 0 unspecified atom stereocenters. The standard InChI is InChI=1S/C15H21BrO/c1-10(2)13-8-12(9-14(16)15(13)17)11-6-4-3-5-7-11/h8-11,17H,3-7H2,1-2H3. The first-order valence-electron chi connectivity index (χ1n) is 6.62. The van der Waals surface area contributed by atoms with Crippen LogP contribution in [0.15, 0.2) is 16.6 Å². The molecular weight excluding hydrogens is 276 g/mol. The first-order chi connectivity index (χ1) is 8.09. The molecule has 0 aliphatic heterocycles. The van der Waals surface area contributed by atoms with E-state index in [9.17, 15) is 5.11 Å². The van der Waals surface area contributed by atoms with Crippen LogP contribution in [0.3, 0.4) is 0 Å². The first-order valence-corrected chi connectivity index (χ1v) is 7.41. The number of phenols is 1. The van der Waals surface area contributed by atoms with Gasteiger partial charge in [-0.3, -0.25) is 0 Å². The van der Waals surface area contributed by atoms with Gasteiger partial charge in [0.05, 0.1) is 4.47 Å². The second-order valence-electron chi connectivity index (χ2n) is 5.43. The minimum absolute atomic E-state index is 0.370. The Bertz CT molecular complexity index is 392. The molecule has 1 aliphatic rings. The Balaban J connectivity index is 2.34. The van der Waals surface area contributed by atoms with E-state index >= 15 is 0 Å². The maximum absolute atomic E-state index is 10.0. The first kappa shape index (κ1) is 12.9. The highest BCUT2D eigenvalue weighted by Crippen LogP contribution is 2.39. The maximum atomic E-state index is 10.0. The highest BCUT2D eigenvalue weighted by atomic mass is 79.9. The fourth-order valence-electron chi connectivity index (χ4n) is 2.75. The molecule has 17 heavy (non-hydrogen) atoms. The van der Waals surface area contributed by atoms with Crippen LogP contribution in [0, 0.1) is 0 Å². The van der Waals surface area contributed by atoms with Crippen molar-refractivity contribution in [2.75, 3.05) is 0 Å². The van der Waals surface area contributed by atoms with Gasteiger partial charge in [-0.2, -0.15) is 0 Å². The molecule has 0 bridgehead atoms. The zero-order chi connectivity index (χ0) is 12.4. The highest BCUT2D eigenvalue weighted by Gasteiger charge is 2.19. The molecule has 0 radical (unpaired) electrons. The molecule has 0 atom stereocenters. The van der Waals surface area contributed by atoms with E-state index in [1.165, 1.54) is 37.7 Å². The topological polar surface area (TPSA) is 20.2 Å². The third kappa shape index (κ3) is 2.85. The summed E-state index contributed by atoms with van der Waals surface area (Å²) in [5.41, 5.74) is 2.47. The van der Waals surface area contributed by atoms with Crippen molar-refractivity contribution in [2.24, 2.45) is 0 Å². The number of hydrogen-bond donors (Lipinski definition) is 1. The molecule has 1 aliphatic carbocycles. The average Bonchev–Trinajstić information content (AvgIpc) is 2.33. The maximum Gasteiger partial charge on any atom is 0.133 e. The van der Waals surface area contributed by atoms with Crippen LogP contribution in [-0.2, 0) is 0 Å². The quantitative estimate of drug-likeness (QED) is 0.782. The van der Waals surface area contributed by atoms with E-state index in [2.05, 4.69) is 41.9 Å². The van der Waals surface area contributed by atoms with Gasteiger partial charge in [0.25, 0.3) is 0 Å². The van der Waals surface area contributed by atoms with E-state index in [1.54, 1.807) is 0 Å². The molecule has 1 N–H and O–H groups in total. The Morgan fingerprint density at radius 3 is 2.41 bits per heavy atom. The molecule has 1 aromatic rings. The lowest BCUT2D eigenvalue weighted by molar-refractivity contribution is 0.439. The summed E-state index contributed by atoms with van der Waals surface area (Å²) in [4.78, 5) is 0. The van der Waals surface area contributed by atoms with Gasteiger partial charge in [-0.1, -0.05) is 39.2 Å². The van der Waals surface area contributed by atoms with Crippen molar-refractivity contribution in [1.29, 1.82) is 0 Å². The van der Waals surface area contributed by atoms with Crippen LogP contribution >= 0.6 is 15.9 Å². The summed E-state index contributed by atoms with van der Waals surface area (Å²) in [5, 5.41) is 10.0. The second-order valence-corrected chi connectivity index (χ2v) is 6.28. The van der Waals surface area contributed by atoms with Crippen LogP contribution in [0.1, 0.15) is 68.9 Å². The summed E-state index contributed by atoms with van der Waals surface area (Å²) in [6.45, 7) is 4.26. The number of aromatic hydroxyl groups is 1. The van der Waals surface area contributed by atoms with E-state index in [1.807, 2.05) is 0 Å². The summed E-state index contributed by atoms with van der Waals surface area (Å²) in [6.07, 6.45) is 6.68. The third-order valence-corrected chi connectivity index (χ3v) is 4.42. The molecule has 2 rings (SSSR count). The molecule has 0 saturated heterocycles. The molecular formula is C15H21BrO. The van der Waals surface area contributed by atoms with Gasteiger partial charge < -0.3 is 5.11 Å². The Hall–Kier alpha value is -0.500. The van der Waals surface area contributed by atoms with Gasteiger partial charge in [-0.25, -0.2) is 0 Å². The average molecular weight is 297 g/mol. The van der Waals surface area contributed by atoms with Crippen LogP contribution < -0.4 is 0 Å². The summed E-state index contributed by atoms with van der Waals surface area (Å²) in [6, 6.07) is 4.32. The number of phenolic OH excluding ortho intramolecular Hbond substituents is 1. The van der Waals surface area contributed by atoms with E-state index in [0.29, 0.717) is 17.6 Å². The fraction of sp³-hybridized carbons (Fsp3) is 0.600. The van der Waals surface area contributed by atoms with Crippen LogP contribution in [0.5, 0.6) is 5.75 Å². The Labute approximate surface area is 112 Å². The van der Waals surface area contributed by atoms with Crippen molar-refractivity contribution in [3.05, 3.63) is 27.7 Å². The number of benzene rings is 1. The predicted octanol–water partition coefficient (Wildman–Crippen LogP) is 5.33. The Morgan fingerprint density at radius 2 is 1.82 bits per heavy atom. The molecule has 0 amide bonds. The second kappa shape index (κ2) is 5.43. The zero-order valence-electron chi connectivity index (χ0n) is 10.7. The van der Waals surface area contributed by atoms with Crippen molar-refractivity contribution >= 4 is 15.9 Å². The minimum atomic E-state index is 0.370. The molecule has 94 valence electrons. The van der Waals surface area contributed by atoms with Gasteiger partial charge in [0, 0.05) is 0 Å². The Morgan fingerprint density at radius 1 is 1.18 bits per heavy atom. The Kier molecular flexibility index (Phi) is 4.13. The van der Waals surface area contributed by atoms with Crippen molar-refractivity contribution in [3.63, 3.8) is 0 Å². The van der Waals surface area contributed by atoms with Crippen LogP contribution in [0.2, 0.25) is 0 Å². The fourth-order valence-corrected chi connectivity index (χ4v) is 3.25. The number of hydrogen-bond acceptors (Lipinski definition) is 1. The van der Waals surface area contributed by atoms with E-state index in [4.69, 9.17) is 0 Å². The molecule has 1 nitrogen and oxygen atoms in total. The smallest absolute Gasteiger partial charge is 0.133 e. The summed E-state index contributed by atoms with van der Waals surface area (Å²) >= 11 is 3.48. The van der Waals surface area contributed by atoms with E-state index in [-0.39, 0.29) is 0 Å². The lowest BCUT2D eigenvalue weighted by atomic mass is 9.83. The number of halogens is 1. The van der Waals surface area contributed by atoms with E-state index in [0.717, 1.165) is 10.0 Å². The van der Waals surface area contributed by atoms with Gasteiger partial charge in [-0.05, 0) is 57.8 Å². The van der Waals surface area contributed by atoms with Gasteiger partial charge in [0.1, 0.15) is 5.75 Å². The number of rotatable bonds is 2. The van der Waals surface area contributed by atoms with Crippen LogP contribution in [0.25, 0.3) is 0 Å². The van der Waals surface area contributed by atoms with Crippen LogP contribution in [0.4, 0.5) is 0 Å². The molecule has 0 heterocycles. The lowest BCUT2D eigenvalue weighted by Gasteiger charge is -2.23. The van der Waals surface area contributed by atoms with E-state index < -0.39 is 0 Å². The summed E-state index contributed by atoms with van der Waals surface area (Å²) < 4.78 is 0.851. The predicted molar refractivity (Wildman–Crippen MR) is 75.7 cm³/mol. The lowest BCUT2D eigenvalue weighted by Crippen LogP contribution is -2.05. The van der Waals surface area contributed by atoms with Crippen molar-refractivity contribution < 1.29 is 5.11 Å². The molecule has 1 aromatic carbocycles. The van der Waals surface area contributed by atoms with Gasteiger partial charge >= 0.3 is 0 Å². The largest absolute Gasteiger partial charge is 0.506 e. The zero-order valence-corrected chi connectivity index (χ0v) is 12.3. The minimum Gasteiger partial charge on any atom is -0.506 e. The molecule has 0 spiro atoms. The third-order valence-electron chi connectivity index (χ3n) is 3.81. The molecule has 1 fully saturated rings. The molecule has 0 aromatic heterocycles. The molecule has 2 heteroatoms. The summed E-state index contributed by atoms with van der Waals surface area (Å²) in [5.74, 6) is 1.48. The van der Waals surface area contributed by atoms with Gasteiger partial charge in [0.2, 0.25) is 0 Å². The molecule has 1 saturated carbocycles.